The minimum atomic E-state index is -0.257. The summed E-state index contributed by atoms with van der Waals surface area (Å²) in [5.74, 6) is -0.0563. The molecule has 1 aliphatic heterocycles. The van der Waals surface area contributed by atoms with Crippen LogP contribution in [-0.2, 0) is 24.2 Å². The number of carbonyl (C=O) groups excluding carboxylic acids is 2. The van der Waals surface area contributed by atoms with Crippen molar-refractivity contribution < 1.29 is 18.7 Å². The maximum Gasteiger partial charge on any atom is 0.258 e. The molecule has 1 N–H and O–H groups in total. The number of fused-ring (bicyclic) bond motifs is 1. The molecule has 6 heteroatoms. The minimum absolute atomic E-state index is 0.106. The molecule has 4 rings (SSSR count). The first-order valence-electron chi connectivity index (χ1n) is 11.2. The molecule has 1 aliphatic rings. The van der Waals surface area contributed by atoms with E-state index >= 15 is 0 Å². The Morgan fingerprint density at radius 2 is 1.85 bits per heavy atom. The second-order valence-electron chi connectivity index (χ2n) is 8.18. The van der Waals surface area contributed by atoms with Gasteiger partial charge in [-0.25, -0.2) is 4.39 Å². The van der Waals surface area contributed by atoms with Gasteiger partial charge in [0.2, 0.25) is 5.91 Å². The summed E-state index contributed by atoms with van der Waals surface area (Å²) in [4.78, 5) is 26.3. The lowest BCUT2D eigenvalue weighted by molar-refractivity contribution is -0.114. The largest absolute Gasteiger partial charge is 0.489 e. The van der Waals surface area contributed by atoms with Crippen molar-refractivity contribution in [3.05, 3.63) is 88.7 Å². The Morgan fingerprint density at radius 1 is 1.06 bits per heavy atom. The highest BCUT2D eigenvalue weighted by Crippen LogP contribution is 2.34. The summed E-state index contributed by atoms with van der Waals surface area (Å²) in [6.07, 6.45) is 2.34. The van der Waals surface area contributed by atoms with Crippen molar-refractivity contribution in [1.82, 2.24) is 0 Å². The minimum Gasteiger partial charge on any atom is -0.489 e. The molecule has 0 unspecified atom stereocenters. The highest BCUT2D eigenvalue weighted by Gasteiger charge is 2.28. The number of aryl methyl sites for hydroxylation is 1. The van der Waals surface area contributed by atoms with Crippen LogP contribution in [0, 0.1) is 5.82 Å². The van der Waals surface area contributed by atoms with Crippen LogP contribution in [0.25, 0.3) is 0 Å². The second-order valence-corrected chi connectivity index (χ2v) is 8.18. The molecule has 0 spiro atoms. The lowest BCUT2D eigenvalue weighted by atomic mass is 10.1. The van der Waals surface area contributed by atoms with Gasteiger partial charge in [0.05, 0.1) is 5.69 Å². The number of hydrogen-bond donors (Lipinski definition) is 1. The van der Waals surface area contributed by atoms with Gasteiger partial charge in [-0.2, -0.15) is 0 Å². The fraction of sp³-hybridized carbons (Fsp3) is 0.259. The molecule has 1 heterocycles. The molecule has 0 saturated carbocycles. The summed E-state index contributed by atoms with van der Waals surface area (Å²) in [7, 11) is 0. The number of halogens is 1. The number of anilines is 2. The third-order valence-corrected chi connectivity index (χ3v) is 5.71. The zero-order chi connectivity index (χ0) is 23.4. The van der Waals surface area contributed by atoms with Crippen LogP contribution in [0.3, 0.4) is 0 Å². The number of ether oxygens (including phenoxy) is 1. The normalized spacial score (nSPS) is 12.4. The fourth-order valence-corrected chi connectivity index (χ4v) is 4.16. The van der Waals surface area contributed by atoms with Crippen LogP contribution < -0.4 is 15.0 Å². The molecule has 5 nitrogen and oxygen atoms in total. The summed E-state index contributed by atoms with van der Waals surface area (Å²) in [6.45, 7) is 4.28. The first-order valence-corrected chi connectivity index (χ1v) is 11.2. The van der Waals surface area contributed by atoms with Crippen LogP contribution in [0.15, 0.2) is 60.7 Å². The molecule has 0 radical (unpaired) electrons. The quantitative estimate of drug-likeness (QED) is 0.520. The van der Waals surface area contributed by atoms with Crippen molar-refractivity contribution in [3.63, 3.8) is 0 Å². The molecule has 0 fully saturated rings. The number of hydrogen-bond acceptors (Lipinski definition) is 3. The molecule has 33 heavy (non-hydrogen) atoms. The number of benzene rings is 3. The van der Waals surface area contributed by atoms with Crippen LogP contribution in [0.5, 0.6) is 5.75 Å². The van der Waals surface area contributed by atoms with Crippen molar-refractivity contribution in [2.45, 2.75) is 39.7 Å². The van der Waals surface area contributed by atoms with E-state index in [4.69, 9.17) is 4.74 Å². The van der Waals surface area contributed by atoms with Gasteiger partial charge in [0.15, 0.2) is 0 Å². The first kappa shape index (κ1) is 22.5. The van der Waals surface area contributed by atoms with Gasteiger partial charge in [-0.3, -0.25) is 9.59 Å². The molecule has 0 bridgehead atoms. The zero-order valence-corrected chi connectivity index (χ0v) is 18.9. The van der Waals surface area contributed by atoms with Crippen LogP contribution in [-0.4, -0.2) is 18.4 Å². The van der Waals surface area contributed by atoms with Gasteiger partial charge in [0.25, 0.3) is 5.91 Å². The van der Waals surface area contributed by atoms with Crippen LogP contribution in [0.4, 0.5) is 15.8 Å². The van der Waals surface area contributed by atoms with Gasteiger partial charge in [0.1, 0.15) is 18.2 Å². The lowest BCUT2D eigenvalue weighted by Crippen LogP contribution is -2.29. The predicted molar refractivity (Wildman–Crippen MR) is 127 cm³/mol. The smallest absolute Gasteiger partial charge is 0.258 e. The van der Waals surface area contributed by atoms with Crippen molar-refractivity contribution in [3.8, 4) is 5.75 Å². The average molecular weight is 447 g/mol. The average Bonchev–Trinajstić information content (AvgIpc) is 3.24. The summed E-state index contributed by atoms with van der Waals surface area (Å²) in [5, 5.41) is 2.70. The SMILES string of the molecule is CCCc1ccc(OCc2cccc3c2N(C(=O)c2ccc(NC(C)=O)cc2)CC3)cc1F. The number of nitrogens with zero attached hydrogens (tertiary/aromatic N) is 1. The first-order chi connectivity index (χ1) is 16.0. The number of rotatable bonds is 7. The van der Waals surface area contributed by atoms with Crippen LogP contribution >= 0.6 is 0 Å². The monoisotopic (exact) mass is 446 g/mol. The van der Waals surface area contributed by atoms with Gasteiger partial charge in [-0.05, 0) is 54.3 Å². The number of amides is 2. The van der Waals surface area contributed by atoms with Gasteiger partial charge < -0.3 is 15.0 Å². The Labute approximate surface area is 193 Å². The van der Waals surface area contributed by atoms with Crippen molar-refractivity contribution in [2.24, 2.45) is 0 Å². The summed E-state index contributed by atoms with van der Waals surface area (Å²) >= 11 is 0. The van der Waals surface area contributed by atoms with E-state index in [2.05, 4.69) is 5.32 Å². The van der Waals surface area contributed by atoms with Crippen molar-refractivity contribution in [2.75, 3.05) is 16.8 Å². The Kier molecular flexibility index (Phi) is 6.73. The highest BCUT2D eigenvalue weighted by atomic mass is 19.1. The summed E-state index contributed by atoms with van der Waals surface area (Å²) in [5.41, 5.74) is 4.70. The molecule has 0 atom stereocenters. The summed E-state index contributed by atoms with van der Waals surface area (Å²) in [6, 6.07) is 17.8. The van der Waals surface area contributed by atoms with Crippen molar-refractivity contribution >= 4 is 23.2 Å². The second kappa shape index (κ2) is 9.86. The Balaban J connectivity index is 1.52. The van der Waals surface area contributed by atoms with E-state index in [0.717, 1.165) is 29.7 Å². The predicted octanol–water partition coefficient (Wildman–Crippen LogP) is 5.52. The van der Waals surface area contributed by atoms with Gasteiger partial charge in [-0.1, -0.05) is 37.6 Å². The van der Waals surface area contributed by atoms with Crippen LogP contribution in [0.1, 0.15) is 47.3 Å². The molecule has 2 amide bonds. The van der Waals surface area contributed by atoms with Gasteiger partial charge in [-0.15, -0.1) is 0 Å². The molecule has 3 aromatic carbocycles. The van der Waals surface area contributed by atoms with E-state index in [9.17, 15) is 14.0 Å². The van der Waals surface area contributed by atoms with E-state index in [1.165, 1.54) is 13.0 Å². The Bertz CT molecular complexity index is 1170. The van der Waals surface area contributed by atoms with Crippen molar-refractivity contribution in [1.29, 1.82) is 0 Å². The maximum absolute atomic E-state index is 14.3. The number of para-hydroxylation sites is 1. The molecule has 0 saturated heterocycles. The lowest BCUT2D eigenvalue weighted by Gasteiger charge is -2.21. The van der Waals surface area contributed by atoms with E-state index in [-0.39, 0.29) is 24.2 Å². The Hall–Kier alpha value is -3.67. The van der Waals surface area contributed by atoms with Crippen LogP contribution in [0.2, 0.25) is 0 Å². The maximum atomic E-state index is 14.3. The van der Waals surface area contributed by atoms with Gasteiger partial charge >= 0.3 is 0 Å². The third-order valence-electron chi connectivity index (χ3n) is 5.71. The Morgan fingerprint density at radius 3 is 2.55 bits per heavy atom. The van der Waals surface area contributed by atoms with E-state index in [0.29, 0.717) is 35.5 Å². The summed E-state index contributed by atoms with van der Waals surface area (Å²) < 4.78 is 20.2. The third kappa shape index (κ3) is 5.06. The topological polar surface area (TPSA) is 58.6 Å². The molecule has 0 aliphatic carbocycles. The standard InChI is InChI=1S/C27H27FN2O3/c1-3-5-19-10-13-24(16-25(19)28)33-17-22-7-4-6-20-14-15-30(26(20)22)27(32)21-8-11-23(12-9-21)29-18(2)31/h4,6-13,16H,3,5,14-15,17H2,1-2H3,(H,29,31). The fourth-order valence-electron chi connectivity index (χ4n) is 4.16. The number of nitrogens with one attached hydrogen (secondary N) is 1. The zero-order valence-electron chi connectivity index (χ0n) is 18.9. The van der Waals surface area contributed by atoms with E-state index in [1.54, 1.807) is 41.3 Å². The molecule has 3 aromatic rings. The molecule has 170 valence electrons. The van der Waals surface area contributed by atoms with E-state index in [1.807, 2.05) is 25.1 Å². The molecular formula is C27H27FN2O3. The van der Waals surface area contributed by atoms with Gasteiger partial charge in [0, 0.05) is 36.3 Å². The molecule has 0 aromatic heterocycles. The number of carbonyl (C=O) groups is 2. The molecular weight excluding hydrogens is 419 g/mol. The van der Waals surface area contributed by atoms with E-state index < -0.39 is 0 Å². The highest BCUT2D eigenvalue weighted by molar-refractivity contribution is 6.08.